The molecule has 2 nitrogen and oxygen atoms in total. The Morgan fingerprint density at radius 3 is 2.81 bits per heavy atom. The predicted molar refractivity (Wildman–Crippen MR) is 64.4 cm³/mol. The SMILES string of the molecule is CCc1cccc(OCc2ccccn2)c1. The van der Waals surface area contributed by atoms with Gasteiger partial charge in [0.1, 0.15) is 12.4 Å². The maximum Gasteiger partial charge on any atom is 0.130 e. The van der Waals surface area contributed by atoms with Crippen LogP contribution in [0.25, 0.3) is 0 Å². The zero-order valence-corrected chi connectivity index (χ0v) is 9.39. The number of ether oxygens (including phenoxy) is 1. The third-order valence-electron chi connectivity index (χ3n) is 2.42. The molecule has 1 heterocycles. The number of aryl methyl sites for hydroxylation is 1. The Bertz CT molecular complexity index is 439. The van der Waals surface area contributed by atoms with Crippen molar-refractivity contribution in [2.24, 2.45) is 0 Å². The molecule has 0 aliphatic carbocycles. The van der Waals surface area contributed by atoms with Gasteiger partial charge in [0.25, 0.3) is 0 Å². The summed E-state index contributed by atoms with van der Waals surface area (Å²) >= 11 is 0. The van der Waals surface area contributed by atoms with Gasteiger partial charge < -0.3 is 4.74 Å². The van der Waals surface area contributed by atoms with Crippen molar-refractivity contribution in [2.75, 3.05) is 0 Å². The molecule has 0 atom stereocenters. The quantitative estimate of drug-likeness (QED) is 0.778. The van der Waals surface area contributed by atoms with E-state index in [9.17, 15) is 0 Å². The minimum absolute atomic E-state index is 0.522. The maximum atomic E-state index is 5.67. The van der Waals surface area contributed by atoms with E-state index >= 15 is 0 Å². The monoisotopic (exact) mass is 213 g/mol. The molecule has 1 aromatic carbocycles. The third kappa shape index (κ3) is 2.83. The molecule has 0 unspecified atom stereocenters. The molecule has 0 fully saturated rings. The van der Waals surface area contributed by atoms with E-state index in [4.69, 9.17) is 4.74 Å². The summed E-state index contributed by atoms with van der Waals surface area (Å²) in [6.45, 7) is 2.66. The highest BCUT2D eigenvalue weighted by molar-refractivity contribution is 5.28. The molecule has 2 aromatic rings. The Morgan fingerprint density at radius 1 is 1.12 bits per heavy atom. The summed E-state index contributed by atoms with van der Waals surface area (Å²) in [5.41, 5.74) is 2.24. The molecule has 2 heteroatoms. The molecule has 2 rings (SSSR count). The highest BCUT2D eigenvalue weighted by Crippen LogP contribution is 2.14. The number of pyridine rings is 1. The van der Waals surface area contributed by atoms with Crippen molar-refractivity contribution in [2.45, 2.75) is 20.0 Å². The lowest BCUT2D eigenvalue weighted by Gasteiger charge is -2.06. The summed E-state index contributed by atoms with van der Waals surface area (Å²) < 4.78 is 5.67. The van der Waals surface area contributed by atoms with E-state index in [2.05, 4.69) is 24.0 Å². The van der Waals surface area contributed by atoms with E-state index in [0.29, 0.717) is 6.61 Å². The topological polar surface area (TPSA) is 22.1 Å². The van der Waals surface area contributed by atoms with Gasteiger partial charge in [0, 0.05) is 6.20 Å². The maximum absolute atomic E-state index is 5.67. The van der Waals surface area contributed by atoms with Gasteiger partial charge in [-0.05, 0) is 36.2 Å². The minimum atomic E-state index is 0.522. The van der Waals surface area contributed by atoms with Crippen LogP contribution < -0.4 is 4.74 Å². The molecule has 0 saturated carbocycles. The van der Waals surface area contributed by atoms with Crippen molar-refractivity contribution in [3.8, 4) is 5.75 Å². The summed E-state index contributed by atoms with van der Waals surface area (Å²) in [5, 5.41) is 0. The first-order valence-corrected chi connectivity index (χ1v) is 5.50. The Morgan fingerprint density at radius 2 is 2.06 bits per heavy atom. The van der Waals surface area contributed by atoms with E-state index in [1.54, 1.807) is 6.20 Å². The second-order valence-corrected chi connectivity index (χ2v) is 3.61. The van der Waals surface area contributed by atoms with Crippen LogP contribution in [0, 0.1) is 0 Å². The highest BCUT2D eigenvalue weighted by Gasteiger charge is 1.97. The van der Waals surface area contributed by atoms with Crippen molar-refractivity contribution in [1.29, 1.82) is 0 Å². The van der Waals surface area contributed by atoms with Gasteiger partial charge in [-0.25, -0.2) is 0 Å². The zero-order valence-electron chi connectivity index (χ0n) is 9.39. The number of aromatic nitrogens is 1. The Balaban J connectivity index is 1.99. The fraction of sp³-hybridized carbons (Fsp3) is 0.214. The average molecular weight is 213 g/mol. The first-order valence-electron chi connectivity index (χ1n) is 5.50. The molecule has 0 radical (unpaired) electrons. The van der Waals surface area contributed by atoms with Gasteiger partial charge in [0.2, 0.25) is 0 Å². The highest BCUT2D eigenvalue weighted by atomic mass is 16.5. The van der Waals surface area contributed by atoms with Crippen molar-refractivity contribution >= 4 is 0 Å². The Kier molecular flexibility index (Phi) is 3.54. The van der Waals surface area contributed by atoms with Crippen LogP contribution in [0.1, 0.15) is 18.2 Å². The van der Waals surface area contributed by atoms with Gasteiger partial charge in [-0.2, -0.15) is 0 Å². The summed E-state index contributed by atoms with van der Waals surface area (Å²) in [6.07, 6.45) is 2.81. The van der Waals surface area contributed by atoms with Gasteiger partial charge in [-0.15, -0.1) is 0 Å². The second kappa shape index (κ2) is 5.31. The van der Waals surface area contributed by atoms with Crippen LogP contribution in [0.5, 0.6) is 5.75 Å². The van der Waals surface area contributed by atoms with Crippen molar-refractivity contribution in [3.63, 3.8) is 0 Å². The lowest BCUT2D eigenvalue weighted by molar-refractivity contribution is 0.301. The Labute approximate surface area is 95.9 Å². The fourth-order valence-corrected chi connectivity index (χ4v) is 1.50. The van der Waals surface area contributed by atoms with E-state index in [1.165, 1.54) is 5.56 Å². The molecule has 0 spiro atoms. The van der Waals surface area contributed by atoms with Crippen LogP contribution in [0.3, 0.4) is 0 Å². The lowest BCUT2D eigenvalue weighted by Crippen LogP contribution is -1.97. The normalized spacial score (nSPS) is 10.1. The number of rotatable bonds is 4. The van der Waals surface area contributed by atoms with E-state index in [0.717, 1.165) is 17.9 Å². The van der Waals surface area contributed by atoms with Crippen LogP contribution in [0.15, 0.2) is 48.7 Å². The van der Waals surface area contributed by atoms with Crippen molar-refractivity contribution in [3.05, 3.63) is 59.9 Å². The molecule has 16 heavy (non-hydrogen) atoms. The standard InChI is InChI=1S/C14H15NO/c1-2-12-6-5-8-14(10-12)16-11-13-7-3-4-9-15-13/h3-10H,2,11H2,1H3. The van der Waals surface area contributed by atoms with E-state index in [-0.39, 0.29) is 0 Å². The molecule has 0 aliphatic heterocycles. The number of hydrogen-bond acceptors (Lipinski definition) is 2. The molecule has 0 saturated heterocycles. The predicted octanol–water partition coefficient (Wildman–Crippen LogP) is 3.22. The van der Waals surface area contributed by atoms with Crippen LogP contribution >= 0.6 is 0 Å². The van der Waals surface area contributed by atoms with Crippen LogP contribution in [0.4, 0.5) is 0 Å². The summed E-state index contributed by atoms with van der Waals surface area (Å²) in [6, 6.07) is 14.0. The van der Waals surface area contributed by atoms with Crippen molar-refractivity contribution < 1.29 is 4.74 Å². The molecular formula is C14H15NO. The second-order valence-electron chi connectivity index (χ2n) is 3.61. The van der Waals surface area contributed by atoms with Gasteiger partial charge >= 0.3 is 0 Å². The molecule has 0 aliphatic rings. The smallest absolute Gasteiger partial charge is 0.130 e. The fourth-order valence-electron chi connectivity index (χ4n) is 1.50. The van der Waals surface area contributed by atoms with Gasteiger partial charge in [0.15, 0.2) is 0 Å². The first-order chi connectivity index (χ1) is 7.88. The van der Waals surface area contributed by atoms with Crippen LogP contribution in [-0.4, -0.2) is 4.98 Å². The molecule has 1 aromatic heterocycles. The van der Waals surface area contributed by atoms with Crippen molar-refractivity contribution in [1.82, 2.24) is 4.98 Å². The molecule has 82 valence electrons. The summed E-state index contributed by atoms with van der Waals surface area (Å²) in [5.74, 6) is 0.907. The van der Waals surface area contributed by atoms with Crippen LogP contribution in [0.2, 0.25) is 0 Å². The number of benzene rings is 1. The number of nitrogens with zero attached hydrogens (tertiary/aromatic N) is 1. The summed E-state index contributed by atoms with van der Waals surface area (Å²) in [7, 11) is 0. The third-order valence-corrected chi connectivity index (χ3v) is 2.42. The van der Waals surface area contributed by atoms with Crippen LogP contribution in [-0.2, 0) is 13.0 Å². The lowest BCUT2D eigenvalue weighted by atomic mass is 10.2. The van der Waals surface area contributed by atoms with Gasteiger partial charge in [-0.1, -0.05) is 25.1 Å². The van der Waals surface area contributed by atoms with E-state index in [1.807, 2.05) is 30.3 Å². The molecular weight excluding hydrogens is 198 g/mol. The van der Waals surface area contributed by atoms with Gasteiger partial charge in [-0.3, -0.25) is 4.98 Å². The first kappa shape index (κ1) is 10.7. The summed E-state index contributed by atoms with van der Waals surface area (Å²) in [4.78, 5) is 4.21. The zero-order chi connectivity index (χ0) is 11.2. The van der Waals surface area contributed by atoms with E-state index < -0.39 is 0 Å². The largest absolute Gasteiger partial charge is 0.487 e. The number of hydrogen-bond donors (Lipinski definition) is 0. The Hall–Kier alpha value is -1.83. The average Bonchev–Trinajstić information content (AvgIpc) is 2.38. The minimum Gasteiger partial charge on any atom is -0.487 e. The van der Waals surface area contributed by atoms with Gasteiger partial charge in [0.05, 0.1) is 5.69 Å². The molecule has 0 bridgehead atoms. The molecule has 0 amide bonds. The molecule has 0 N–H and O–H groups in total.